The molecule has 0 bridgehead atoms. The fourth-order valence-electron chi connectivity index (χ4n) is 1.90. The highest BCUT2D eigenvalue weighted by atomic mass is 19.4. The second-order valence-corrected chi connectivity index (χ2v) is 4.20. The van der Waals surface area contributed by atoms with E-state index < -0.39 is 30.1 Å². The largest absolute Gasteiger partial charge is 0.435 e. The van der Waals surface area contributed by atoms with Crippen LogP contribution in [0, 0.1) is 0 Å². The van der Waals surface area contributed by atoms with Gasteiger partial charge in [-0.05, 0) is 13.3 Å². The van der Waals surface area contributed by atoms with Gasteiger partial charge in [0.2, 0.25) is 0 Å². The van der Waals surface area contributed by atoms with Crippen LogP contribution in [0.15, 0.2) is 6.07 Å². The van der Waals surface area contributed by atoms with Crippen molar-refractivity contribution in [2.45, 2.75) is 37.8 Å². The van der Waals surface area contributed by atoms with Gasteiger partial charge in [-0.25, -0.2) is 4.68 Å². The number of fused-ring (bicyclic) bond motifs is 1. The zero-order valence-corrected chi connectivity index (χ0v) is 9.10. The SMILES string of the molecule is CC1CC(C(F)(F)F)n2nc(C(F)(F)F)cc2N1. The van der Waals surface area contributed by atoms with E-state index >= 15 is 0 Å². The number of hydrogen-bond donors (Lipinski definition) is 1. The predicted molar refractivity (Wildman–Crippen MR) is 50.0 cm³/mol. The van der Waals surface area contributed by atoms with E-state index in [4.69, 9.17) is 0 Å². The molecule has 1 N–H and O–H groups in total. The zero-order chi connectivity index (χ0) is 13.7. The molecule has 9 heteroatoms. The van der Waals surface area contributed by atoms with Gasteiger partial charge in [-0.2, -0.15) is 31.4 Å². The molecule has 0 saturated carbocycles. The van der Waals surface area contributed by atoms with Crippen molar-refractivity contribution in [1.82, 2.24) is 9.78 Å². The molecule has 0 spiro atoms. The minimum atomic E-state index is -4.76. The second-order valence-electron chi connectivity index (χ2n) is 4.20. The first-order valence-corrected chi connectivity index (χ1v) is 5.09. The third-order valence-corrected chi connectivity index (χ3v) is 2.67. The number of rotatable bonds is 0. The highest BCUT2D eigenvalue weighted by molar-refractivity contribution is 5.41. The summed E-state index contributed by atoms with van der Waals surface area (Å²) in [7, 11) is 0. The summed E-state index contributed by atoms with van der Waals surface area (Å²) >= 11 is 0. The highest BCUT2D eigenvalue weighted by Crippen LogP contribution is 2.41. The van der Waals surface area contributed by atoms with E-state index in [9.17, 15) is 26.3 Å². The highest BCUT2D eigenvalue weighted by Gasteiger charge is 2.47. The molecule has 0 aromatic carbocycles. The summed E-state index contributed by atoms with van der Waals surface area (Å²) in [6.07, 6.45) is -9.74. The van der Waals surface area contributed by atoms with E-state index in [1.165, 1.54) is 6.92 Å². The number of halogens is 6. The Morgan fingerprint density at radius 1 is 1.28 bits per heavy atom. The molecule has 0 aliphatic carbocycles. The average molecular weight is 273 g/mol. The van der Waals surface area contributed by atoms with Gasteiger partial charge in [0.25, 0.3) is 0 Å². The molecule has 18 heavy (non-hydrogen) atoms. The van der Waals surface area contributed by atoms with E-state index in [0.717, 1.165) is 0 Å². The quantitative estimate of drug-likeness (QED) is 0.735. The number of nitrogens with one attached hydrogen (secondary N) is 1. The van der Waals surface area contributed by atoms with E-state index in [-0.39, 0.29) is 12.2 Å². The summed E-state index contributed by atoms with van der Waals surface area (Å²) < 4.78 is 75.8. The molecule has 0 amide bonds. The smallest absolute Gasteiger partial charge is 0.368 e. The summed E-state index contributed by atoms with van der Waals surface area (Å²) in [5.41, 5.74) is -1.33. The van der Waals surface area contributed by atoms with E-state index in [1.54, 1.807) is 0 Å². The molecular formula is C9H9F6N3. The number of aromatic nitrogens is 2. The molecule has 2 heterocycles. The molecule has 0 fully saturated rings. The summed E-state index contributed by atoms with van der Waals surface area (Å²) in [5, 5.41) is 5.57. The fourth-order valence-corrected chi connectivity index (χ4v) is 1.90. The Balaban J connectivity index is 2.46. The van der Waals surface area contributed by atoms with Crippen molar-refractivity contribution in [3.8, 4) is 0 Å². The number of hydrogen-bond acceptors (Lipinski definition) is 2. The lowest BCUT2D eigenvalue weighted by Crippen LogP contribution is -2.37. The number of alkyl halides is 6. The normalized spacial score (nSPS) is 24.6. The fraction of sp³-hybridized carbons (Fsp3) is 0.667. The lowest BCUT2D eigenvalue weighted by atomic mass is 10.1. The van der Waals surface area contributed by atoms with Crippen molar-refractivity contribution in [2.75, 3.05) is 5.32 Å². The lowest BCUT2D eigenvalue weighted by molar-refractivity contribution is -0.175. The minimum absolute atomic E-state index is 0.261. The Labute approximate surface area is 97.8 Å². The van der Waals surface area contributed by atoms with Gasteiger partial charge < -0.3 is 5.32 Å². The maximum absolute atomic E-state index is 12.7. The van der Waals surface area contributed by atoms with Crippen LogP contribution in [0.3, 0.4) is 0 Å². The van der Waals surface area contributed by atoms with Crippen LogP contribution in [0.25, 0.3) is 0 Å². The molecule has 2 rings (SSSR count). The van der Waals surface area contributed by atoms with Crippen molar-refractivity contribution >= 4 is 5.82 Å². The third kappa shape index (κ3) is 2.25. The zero-order valence-electron chi connectivity index (χ0n) is 9.10. The Bertz CT molecular complexity index is 446. The summed E-state index contributed by atoms with van der Waals surface area (Å²) in [6, 6.07) is -2.00. The first-order chi connectivity index (χ1) is 8.09. The van der Waals surface area contributed by atoms with Gasteiger partial charge in [-0.1, -0.05) is 0 Å². The monoisotopic (exact) mass is 273 g/mol. The molecule has 0 saturated heterocycles. The Kier molecular flexibility index (Phi) is 2.74. The van der Waals surface area contributed by atoms with E-state index in [2.05, 4.69) is 10.4 Å². The number of nitrogens with zero attached hydrogens (tertiary/aromatic N) is 2. The van der Waals surface area contributed by atoms with Crippen LogP contribution in [0.2, 0.25) is 0 Å². The third-order valence-electron chi connectivity index (χ3n) is 2.67. The van der Waals surface area contributed by atoms with Crippen LogP contribution < -0.4 is 5.32 Å². The van der Waals surface area contributed by atoms with Crippen LogP contribution in [0.1, 0.15) is 25.1 Å². The average Bonchev–Trinajstić information content (AvgIpc) is 2.57. The van der Waals surface area contributed by atoms with Gasteiger partial charge in [-0.15, -0.1) is 0 Å². The standard InChI is InChI=1S/C9H9F6N3/c1-4-2-6(9(13,14)15)18-7(16-4)3-5(17-18)8(10,11)12/h3-4,6,16H,2H2,1H3. The van der Waals surface area contributed by atoms with Gasteiger partial charge in [-0.3, -0.25) is 0 Å². The van der Waals surface area contributed by atoms with Crippen LogP contribution >= 0.6 is 0 Å². The maximum atomic E-state index is 12.7. The number of anilines is 1. The lowest BCUT2D eigenvalue weighted by Gasteiger charge is -2.31. The molecule has 1 aliphatic rings. The molecule has 1 aromatic heterocycles. The summed E-state index contributed by atoms with van der Waals surface area (Å²) in [4.78, 5) is 0. The van der Waals surface area contributed by atoms with Crippen LogP contribution in [0.5, 0.6) is 0 Å². The van der Waals surface area contributed by atoms with Gasteiger partial charge in [0.1, 0.15) is 5.82 Å². The first-order valence-electron chi connectivity index (χ1n) is 5.09. The van der Waals surface area contributed by atoms with Gasteiger partial charge >= 0.3 is 12.4 Å². The molecule has 0 radical (unpaired) electrons. The van der Waals surface area contributed by atoms with Crippen molar-refractivity contribution in [2.24, 2.45) is 0 Å². The van der Waals surface area contributed by atoms with E-state index in [1.807, 2.05) is 0 Å². The molecule has 2 atom stereocenters. The first kappa shape index (κ1) is 13.0. The molecule has 3 nitrogen and oxygen atoms in total. The molecule has 102 valence electrons. The maximum Gasteiger partial charge on any atom is 0.435 e. The Morgan fingerprint density at radius 2 is 1.89 bits per heavy atom. The second kappa shape index (κ2) is 3.79. The predicted octanol–water partition coefficient (Wildman–Crippen LogP) is 3.21. The molecule has 2 unspecified atom stereocenters. The topological polar surface area (TPSA) is 29.9 Å². The minimum Gasteiger partial charge on any atom is -0.368 e. The van der Waals surface area contributed by atoms with Gasteiger partial charge in [0.15, 0.2) is 11.7 Å². The van der Waals surface area contributed by atoms with Gasteiger partial charge in [0.05, 0.1) is 0 Å². The molecule has 1 aromatic rings. The van der Waals surface area contributed by atoms with Gasteiger partial charge in [0, 0.05) is 12.1 Å². The van der Waals surface area contributed by atoms with Crippen molar-refractivity contribution in [3.05, 3.63) is 11.8 Å². The van der Waals surface area contributed by atoms with E-state index in [0.29, 0.717) is 10.7 Å². The van der Waals surface area contributed by atoms with Crippen LogP contribution in [0.4, 0.5) is 32.2 Å². The summed E-state index contributed by atoms with van der Waals surface area (Å²) in [5.74, 6) is -0.261. The van der Waals surface area contributed by atoms with Crippen LogP contribution in [-0.2, 0) is 6.18 Å². The molecule has 1 aliphatic heterocycles. The summed E-state index contributed by atoms with van der Waals surface area (Å²) in [6.45, 7) is 1.47. The van der Waals surface area contributed by atoms with Crippen molar-refractivity contribution in [3.63, 3.8) is 0 Å². The van der Waals surface area contributed by atoms with Crippen molar-refractivity contribution in [1.29, 1.82) is 0 Å². The van der Waals surface area contributed by atoms with Crippen molar-refractivity contribution < 1.29 is 26.3 Å². The Hall–Kier alpha value is -1.41. The molecular weight excluding hydrogens is 264 g/mol. The Morgan fingerprint density at radius 3 is 2.39 bits per heavy atom. The van der Waals surface area contributed by atoms with Crippen LogP contribution in [-0.4, -0.2) is 22.0 Å².